The average Bonchev–Trinajstić information content (AvgIpc) is 2.68. The number of benzene rings is 1. The van der Waals surface area contributed by atoms with Gasteiger partial charge in [0.25, 0.3) is 0 Å². The summed E-state index contributed by atoms with van der Waals surface area (Å²) < 4.78 is 4.33. The molecule has 0 aromatic heterocycles. The molecule has 24 heavy (non-hydrogen) atoms. The first kappa shape index (κ1) is 17.8. The van der Waals surface area contributed by atoms with E-state index in [9.17, 15) is 20.6 Å². The molecule has 2 heterocycles. The number of nitrogens with zero attached hydrogens (tertiary/aromatic N) is 1. The lowest BCUT2D eigenvalue weighted by molar-refractivity contribution is -0.264. The van der Waals surface area contributed by atoms with Gasteiger partial charge in [-0.25, -0.2) is 0 Å². The number of aliphatic hydroxyl groups excluding tert-OH is 3. The summed E-state index contributed by atoms with van der Waals surface area (Å²) in [6.07, 6.45) is -3.97. The summed E-state index contributed by atoms with van der Waals surface area (Å²) >= 11 is 3.30. The second kappa shape index (κ2) is 6.69. The number of rotatable bonds is 4. The zero-order valence-electron chi connectivity index (χ0n) is 12.8. The van der Waals surface area contributed by atoms with E-state index in [1.54, 1.807) is 0 Å². The third-order valence-electron chi connectivity index (χ3n) is 4.69. The molecule has 8 heteroatoms. The number of hydroxylamine groups is 1. The van der Waals surface area contributed by atoms with Crippen molar-refractivity contribution in [3.05, 3.63) is 35.9 Å². The average molecular weight is 399 g/mol. The monoisotopic (exact) mass is 398 g/mol. The van der Waals surface area contributed by atoms with Crippen LogP contribution in [0.3, 0.4) is 0 Å². The maximum atomic E-state index is 10.5. The van der Waals surface area contributed by atoms with Gasteiger partial charge in [0.05, 0.1) is 24.7 Å². The molecule has 6 atom stereocenters. The molecule has 0 radical (unpaired) electrons. The molecule has 1 saturated carbocycles. The van der Waals surface area contributed by atoms with Crippen molar-refractivity contribution in [2.45, 2.75) is 48.0 Å². The number of nitriles is 1. The van der Waals surface area contributed by atoms with E-state index in [0.717, 1.165) is 5.56 Å². The molecule has 1 aromatic rings. The van der Waals surface area contributed by atoms with Gasteiger partial charge in [0.15, 0.2) is 6.29 Å². The van der Waals surface area contributed by atoms with E-state index in [4.69, 9.17) is 9.57 Å². The zero-order chi connectivity index (χ0) is 17.4. The Morgan fingerprint density at radius 2 is 2.00 bits per heavy atom. The van der Waals surface area contributed by atoms with Crippen molar-refractivity contribution in [2.75, 3.05) is 0 Å². The molecule has 2 bridgehead atoms. The highest BCUT2D eigenvalue weighted by Crippen LogP contribution is 2.50. The molecule has 1 aliphatic carbocycles. The molecule has 1 unspecified atom stereocenters. The van der Waals surface area contributed by atoms with Crippen molar-refractivity contribution >= 4 is 15.9 Å². The SMILES string of the molecule is N#C[C@@H]1CC2(NOCc3ccccc3)[C@H](O)O[C@]1(Br)C[C@H](O)[C@H]2O. The summed E-state index contributed by atoms with van der Waals surface area (Å²) in [6, 6.07) is 11.5. The van der Waals surface area contributed by atoms with Gasteiger partial charge in [-0.3, -0.25) is 4.84 Å². The number of hydrogen-bond acceptors (Lipinski definition) is 7. The maximum Gasteiger partial charge on any atom is 0.179 e. The van der Waals surface area contributed by atoms with E-state index >= 15 is 0 Å². The van der Waals surface area contributed by atoms with Crippen molar-refractivity contribution < 1.29 is 24.9 Å². The molecule has 2 saturated heterocycles. The van der Waals surface area contributed by atoms with Crippen LogP contribution in [0.25, 0.3) is 0 Å². The predicted octanol–water partition coefficient (Wildman–Crippen LogP) is 0.542. The molecule has 130 valence electrons. The van der Waals surface area contributed by atoms with Crippen LogP contribution in [0.1, 0.15) is 18.4 Å². The van der Waals surface area contributed by atoms with Crippen molar-refractivity contribution in [1.82, 2.24) is 5.48 Å². The van der Waals surface area contributed by atoms with Crippen LogP contribution in [0, 0.1) is 17.2 Å². The van der Waals surface area contributed by atoms with E-state index in [1.807, 2.05) is 30.3 Å². The number of alkyl halides is 1. The van der Waals surface area contributed by atoms with Gasteiger partial charge in [-0.05, 0) is 12.0 Å². The lowest BCUT2D eigenvalue weighted by Crippen LogP contribution is -2.67. The highest BCUT2D eigenvalue weighted by molar-refractivity contribution is 9.10. The Morgan fingerprint density at radius 1 is 1.29 bits per heavy atom. The fourth-order valence-electron chi connectivity index (χ4n) is 3.28. The minimum absolute atomic E-state index is 0.0223. The summed E-state index contributed by atoms with van der Waals surface area (Å²) in [5.74, 6) is -0.680. The fourth-order valence-corrected chi connectivity index (χ4v) is 4.06. The number of nitrogens with one attached hydrogen (secondary N) is 1. The first-order valence-corrected chi connectivity index (χ1v) is 8.44. The van der Waals surface area contributed by atoms with Crippen LogP contribution in [0.4, 0.5) is 0 Å². The van der Waals surface area contributed by atoms with E-state index in [1.165, 1.54) is 0 Å². The van der Waals surface area contributed by atoms with Crippen molar-refractivity contribution in [3.63, 3.8) is 0 Å². The fraction of sp³-hybridized carbons (Fsp3) is 0.562. The van der Waals surface area contributed by atoms with Crippen molar-refractivity contribution in [3.8, 4) is 6.07 Å². The Hall–Kier alpha value is -1.05. The smallest absolute Gasteiger partial charge is 0.179 e. The molecule has 1 aromatic carbocycles. The molecule has 4 N–H and O–H groups in total. The first-order valence-electron chi connectivity index (χ1n) is 7.65. The van der Waals surface area contributed by atoms with Crippen LogP contribution in [0.15, 0.2) is 30.3 Å². The Balaban J connectivity index is 1.81. The lowest BCUT2D eigenvalue weighted by Gasteiger charge is -2.47. The summed E-state index contributed by atoms with van der Waals surface area (Å²) in [5, 5.41) is 40.6. The van der Waals surface area contributed by atoms with E-state index < -0.39 is 34.5 Å². The summed E-state index contributed by atoms with van der Waals surface area (Å²) in [5.41, 5.74) is 2.06. The minimum atomic E-state index is -1.50. The van der Waals surface area contributed by atoms with Gasteiger partial charge in [-0.15, -0.1) is 0 Å². The molecule has 7 nitrogen and oxygen atoms in total. The number of ether oxygens (including phenoxy) is 1. The number of hydrogen-bond donors (Lipinski definition) is 4. The molecule has 4 rings (SSSR count). The second-order valence-electron chi connectivity index (χ2n) is 6.28. The molecular weight excluding hydrogens is 380 g/mol. The molecule has 2 aliphatic heterocycles. The number of aliphatic hydroxyl groups is 3. The van der Waals surface area contributed by atoms with Crippen LogP contribution < -0.4 is 5.48 Å². The number of halogens is 1. The molecule has 3 aliphatic rings. The Bertz CT molecular complexity index is 627. The van der Waals surface area contributed by atoms with Crippen LogP contribution >= 0.6 is 15.9 Å². The molecule has 3 fully saturated rings. The Kier molecular flexibility index (Phi) is 4.95. The van der Waals surface area contributed by atoms with Gasteiger partial charge >= 0.3 is 0 Å². The van der Waals surface area contributed by atoms with Gasteiger partial charge in [-0.2, -0.15) is 10.7 Å². The van der Waals surface area contributed by atoms with Crippen LogP contribution in [0.5, 0.6) is 0 Å². The Labute approximate surface area is 147 Å². The lowest BCUT2D eigenvalue weighted by atomic mass is 9.81. The number of fused-ring (bicyclic) bond motifs is 4. The van der Waals surface area contributed by atoms with E-state index in [2.05, 4.69) is 27.5 Å². The van der Waals surface area contributed by atoms with Crippen LogP contribution in [-0.2, 0) is 16.2 Å². The third kappa shape index (κ3) is 2.97. The van der Waals surface area contributed by atoms with Gasteiger partial charge < -0.3 is 20.1 Å². The van der Waals surface area contributed by atoms with Crippen molar-refractivity contribution in [1.29, 1.82) is 5.26 Å². The summed E-state index contributed by atoms with van der Waals surface area (Å²) in [7, 11) is 0. The van der Waals surface area contributed by atoms with Gasteiger partial charge in [0.1, 0.15) is 16.2 Å². The van der Waals surface area contributed by atoms with E-state index in [0.29, 0.717) is 0 Å². The molecule has 0 spiro atoms. The molecule has 0 amide bonds. The first-order chi connectivity index (χ1) is 11.4. The molecular formula is C16H19BrN2O5. The summed E-state index contributed by atoms with van der Waals surface area (Å²) in [4.78, 5) is 5.46. The summed E-state index contributed by atoms with van der Waals surface area (Å²) in [6.45, 7) is 0.189. The van der Waals surface area contributed by atoms with Gasteiger partial charge in [0.2, 0.25) is 0 Å². The highest BCUT2D eigenvalue weighted by atomic mass is 79.9. The Morgan fingerprint density at radius 3 is 2.67 bits per heavy atom. The largest absolute Gasteiger partial charge is 0.390 e. The van der Waals surface area contributed by atoms with Crippen LogP contribution in [0.2, 0.25) is 0 Å². The third-order valence-corrected chi connectivity index (χ3v) is 5.75. The predicted molar refractivity (Wildman–Crippen MR) is 86.2 cm³/mol. The normalized spacial score (nSPS) is 41.6. The standard InChI is InChI=1S/C16H19BrN2O5/c17-16-7-12(20)13(21)15(14(22)24-16,6-11(16)8-18)19-23-9-10-4-2-1-3-5-10/h1-5,11-14,19-22H,6-7,9H2/t11-,12-,13+,14+,15?,16+/m0/s1. The van der Waals surface area contributed by atoms with Crippen LogP contribution in [-0.4, -0.2) is 43.9 Å². The van der Waals surface area contributed by atoms with Gasteiger partial charge in [-0.1, -0.05) is 46.3 Å². The van der Waals surface area contributed by atoms with Crippen molar-refractivity contribution in [2.24, 2.45) is 5.92 Å². The minimum Gasteiger partial charge on any atom is -0.390 e. The quantitative estimate of drug-likeness (QED) is 0.432. The van der Waals surface area contributed by atoms with E-state index in [-0.39, 0.29) is 19.4 Å². The second-order valence-corrected chi connectivity index (χ2v) is 7.62. The van der Waals surface area contributed by atoms with Gasteiger partial charge in [0, 0.05) is 6.42 Å². The topological polar surface area (TPSA) is 115 Å². The zero-order valence-corrected chi connectivity index (χ0v) is 14.4. The highest BCUT2D eigenvalue weighted by Gasteiger charge is 2.64. The maximum absolute atomic E-state index is 10.5.